The van der Waals surface area contributed by atoms with Gasteiger partial charge in [-0.15, -0.1) is 0 Å². The number of nitrogens with two attached hydrogens (primary N) is 1. The zero-order valence-corrected chi connectivity index (χ0v) is 20.2. The maximum absolute atomic E-state index is 13.5. The van der Waals surface area contributed by atoms with Crippen molar-refractivity contribution in [1.82, 2.24) is 9.55 Å². The summed E-state index contributed by atoms with van der Waals surface area (Å²) in [6.45, 7) is 3.79. The van der Waals surface area contributed by atoms with E-state index in [1.54, 1.807) is 0 Å². The highest BCUT2D eigenvalue weighted by Gasteiger charge is 2.25. The molecule has 1 aromatic heterocycles. The number of carbonyl (C=O) groups excluding carboxylic acids is 1. The lowest BCUT2D eigenvalue weighted by molar-refractivity contribution is -0.120. The number of nitrogens with one attached hydrogen (secondary N) is 1. The van der Waals surface area contributed by atoms with Gasteiger partial charge in [-0.05, 0) is 48.2 Å². The average molecular weight is 485 g/mol. The second kappa shape index (κ2) is 10.8. The molecule has 3 aromatic carbocycles. The van der Waals surface area contributed by atoms with Crippen LogP contribution in [0.3, 0.4) is 0 Å². The molecule has 184 valence electrons. The molecule has 0 unspecified atom stereocenters. The number of H-pyrrole nitrogens is 1. The highest BCUT2D eigenvalue weighted by Crippen LogP contribution is 2.22. The van der Waals surface area contributed by atoms with Crippen molar-refractivity contribution in [2.45, 2.75) is 26.9 Å². The molecule has 36 heavy (non-hydrogen) atoms. The van der Waals surface area contributed by atoms with Gasteiger partial charge in [0.1, 0.15) is 11.6 Å². The van der Waals surface area contributed by atoms with E-state index in [2.05, 4.69) is 4.98 Å². The number of aryl methyl sites for hydroxylation is 2. The fraction of sp³-hybridized carbons (Fsp3) is 0.179. The number of hydrogen-bond acceptors (Lipinski definition) is 5. The molecule has 4 aromatic rings. The van der Waals surface area contributed by atoms with Gasteiger partial charge in [0.05, 0.1) is 13.1 Å². The first kappa shape index (κ1) is 24.5. The van der Waals surface area contributed by atoms with Crippen LogP contribution >= 0.6 is 0 Å². The van der Waals surface area contributed by atoms with Crippen LogP contribution in [-0.4, -0.2) is 22.1 Å². The van der Waals surface area contributed by atoms with Gasteiger partial charge in [0, 0.05) is 0 Å². The van der Waals surface area contributed by atoms with Gasteiger partial charge in [-0.25, -0.2) is 4.79 Å². The Kier molecular flexibility index (Phi) is 7.34. The number of ether oxygens (including phenoxy) is 1. The van der Waals surface area contributed by atoms with E-state index in [4.69, 9.17) is 10.5 Å². The highest BCUT2D eigenvalue weighted by atomic mass is 16.5. The summed E-state index contributed by atoms with van der Waals surface area (Å²) in [5.41, 5.74) is 8.52. The third kappa shape index (κ3) is 5.72. The van der Waals surface area contributed by atoms with Crippen LogP contribution in [0.25, 0.3) is 0 Å². The number of nitrogen functional groups attached to an aromatic ring is 1. The van der Waals surface area contributed by atoms with E-state index < -0.39 is 17.2 Å². The van der Waals surface area contributed by atoms with E-state index >= 15 is 0 Å². The van der Waals surface area contributed by atoms with E-state index in [-0.39, 0.29) is 31.2 Å². The summed E-state index contributed by atoms with van der Waals surface area (Å²) in [5.74, 6) is -0.0140. The van der Waals surface area contributed by atoms with Crippen LogP contribution in [0.1, 0.15) is 22.3 Å². The van der Waals surface area contributed by atoms with Crippen LogP contribution in [0, 0.1) is 13.8 Å². The number of amides is 1. The Labute approximate surface area is 208 Å². The molecule has 0 saturated carbocycles. The molecule has 4 rings (SSSR count). The maximum atomic E-state index is 13.5. The molecule has 0 aliphatic carbocycles. The van der Waals surface area contributed by atoms with Crippen molar-refractivity contribution in [3.63, 3.8) is 0 Å². The van der Waals surface area contributed by atoms with Gasteiger partial charge < -0.3 is 10.5 Å². The van der Waals surface area contributed by atoms with E-state index in [0.29, 0.717) is 5.75 Å². The van der Waals surface area contributed by atoms with Gasteiger partial charge in [-0.1, -0.05) is 66.7 Å². The number of carbonyl (C=O) groups is 1. The summed E-state index contributed by atoms with van der Waals surface area (Å²) in [5, 5.41) is 0. The number of nitrogens with zero attached hydrogens (tertiary/aromatic N) is 2. The number of hydrogen-bond donors (Lipinski definition) is 2. The van der Waals surface area contributed by atoms with Crippen LogP contribution in [0.15, 0.2) is 88.5 Å². The fourth-order valence-electron chi connectivity index (χ4n) is 4.06. The number of rotatable bonds is 8. The summed E-state index contributed by atoms with van der Waals surface area (Å²) in [4.78, 5) is 42.7. The standard InChI is InChI=1S/C28H28N4O4/c1-19-13-20(2)15-23(14-19)36-18-24(33)31(16-21-9-5-3-6-10-21)25-26(29)32(28(35)30-27(25)34)17-22-11-7-4-8-12-22/h3-15H,16-18,29H2,1-2H3,(H,30,34,35). The third-order valence-electron chi connectivity index (χ3n) is 5.71. The van der Waals surface area contributed by atoms with E-state index in [1.807, 2.05) is 92.7 Å². The molecule has 0 saturated heterocycles. The maximum Gasteiger partial charge on any atom is 0.330 e. The van der Waals surface area contributed by atoms with Gasteiger partial charge in [0.25, 0.3) is 11.5 Å². The van der Waals surface area contributed by atoms with Crippen LogP contribution < -0.4 is 26.6 Å². The summed E-state index contributed by atoms with van der Waals surface area (Å²) < 4.78 is 7.04. The Hall–Kier alpha value is -4.59. The van der Waals surface area contributed by atoms with Crippen LogP contribution in [0.5, 0.6) is 5.75 Å². The lowest BCUT2D eigenvalue weighted by Crippen LogP contribution is -2.42. The smallest absolute Gasteiger partial charge is 0.330 e. The van der Waals surface area contributed by atoms with Crippen LogP contribution in [0.4, 0.5) is 11.5 Å². The number of benzene rings is 3. The largest absolute Gasteiger partial charge is 0.484 e. The molecule has 0 radical (unpaired) electrons. The van der Waals surface area contributed by atoms with Crippen molar-refractivity contribution >= 4 is 17.4 Å². The normalized spacial score (nSPS) is 10.7. The summed E-state index contributed by atoms with van der Waals surface area (Å²) >= 11 is 0. The number of anilines is 2. The summed E-state index contributed by atoms with van der Waals surface area (Å²) in [7, 11) is 0. The molecule has 0 fully saturated rings. The minimum absolute atomic E-state index is 0.0761. The van der Waals surface area contributed by atoms with Gasteiger partial charge in [0.2, 0.25) is 0 Å². The second-order valence-electron chi connectivity index (χ2n) is 8.64. The van der Waals surface area contributed by atoms with Gasteiger partial charge in [-0.2, -0.15) is 0 Å². The molecule has 0 bridgehead atoms. The summed E-state index contributed by atoms with van der Waals surface area (Å²) in [6.07, 6.45) is 0. The SMILES string of the molecule is Cc1cc(C)cc(OCC(=O)N(Cc2ccccc2)c2c(N)n(Cc3ccccc3)c(=O)[nH]c2=O)c1. The van der Waals surface area contributed by atoms with Crippen molar-refractivity contribution < 1.29 is 9.53 Å². The predicted octanol–water partition coefficient (Wildman–Crippen LogP) is 3.40. The minimum Gasteiger partial charge on any atom is -0.484 e. The van der Waals surface area contributed by atoms with Gasteiger partial charge >= 0.3 is 5.69 Å². The predicted molar refractivity (Wildman–Crippen MR) is 140 cm³/mol. The molecule has 8 heteroatoms. The van der Waals surface area contributed by atoms with Crippen molar-refractivity contribution in [1.29, 1.82) is 0 Å². The van der Waals surface area contributed by atoms with Gasteiger partial charge in [-0.3, -0.25) is 24.0 Å². The average Bonchev–Trinajstić information content (AvgIpc) is 2.85. The monoisotopic (exact) mass is 484 g/mol. The Morgan fingerprint density at radius 3 is 2.11 bits per heavy atom. The Morgan fingerprint density at radius 1 is 0.917 bits per heavy atom. The summed E-state index contributed by atoms with van der Waals surface area (Å²) in [6, 6.07) is 24.2. The molecule has 0 atom stereocenters. The lowest BCUT2D eigenvalue weighted by atomic mass is 10.1. The Balaban J connectivity index is 1.72. The first-order valence-corrected chi connectivity index (χ1v) is 11.5. The fourth-order valence-corrected chi connectivity index (χ4v) is 4.06. The number of aromatic amines is 1. The van der Waals surface area contributed by atoms with E-state index in [9.17, 15) is 14.4 Å². The minimum atomic E-state index is -0.738. The molecule has 0 aliphatic heterocycles. The van der Waals surface area contributed by atoms with Crippen molar-refractivity contribution in [3.05, 3.63) is 122 Å². The Bertz CT molecular complexity index is 1460. The molecular weight excluding hydrogens is 456 g/mol. The first-order valence-electron chi connectivity index (χ1n) is 11.5. The highest BCUT2D eigenvalue weighted by molar-refractivity contribution is 5.96. The molecule has 1 heterocycles. The number of aromatic nitrogens is 2. The zero-order valence-electron chi connectivity index (χ0n) is 20.2. The van der Waals surface area contributed by atoms with Crippen molar-refractivity contribution in [2.75, 3.05) is 17.2 Å². The van der Waals surface area contributed by atoms with Crippen LogP contribution in [-0.2, 0) is 17.9 Å². The first-order chi connectivity index (χ1) is 17.3. The molecule has 0 aliphatic rings. The third-order valence-corrected chi connectivity index (χ3v) is 5.71. The molecule has 8 nitrogen and oxygen atoms in total. The topological polar surface area (TPSA) is 110 Å². The quantitative estimate of drug-likeness (QED) is 0.398. The second-order valence-corrected chi connectivity index (χ2v) is 8.64. The lowest BCUT2D eigenvalue weighted by Gasteiger charge is -2.25. The molecule has 3 N–H and O–H groups in total. The van der Waals surface area contributed by atoms with E-state index in [0.717, 1.165) is 22.3 Å². The van der Waals surface area contributed by atoms with E-state index in [1.165, 1.54) is 9.47 Å². The van der Waals surface area contributed by atoms with Crippen LogP contribution in [0.2, 0.25) is 0 Å². The zero-order chi connectivity index (χ0) is 25.7. The van der Waals surface area contributed by atoms with Crippen molar-refractivity contribution in [3.8, 4) is 5.75 Å². The molecule has 1 amide bonds. The van der Waals surface area contributed by atoms with Gasteiger partial charge in [0.15, 0.2) is 12.3 Å². The Morgan fingerprint density at radius 2 is 1.50 bits per heavy atom. The molecular formula is C28H28N4O4. The van der Waals surface area contributed by atoms with Crippen molar-refractivity contribution in [2.24, 2.45) is 0 Å². The molecule has 0 spiro atoms.